The predicted octanol–water partition coefficient (Wildman–Crippen LogP) is 4.14. The molecule has 1 aliphatic rings. The third-order valence-corrected chi connectivity index (χ3v) is 6.35. The molecule has 0 spiro atoms. The van der Waals surface area contributed by atoms with Gasteiger partial charge in [0.05, 0.1) is 18.4 Å². The second kappa shape index (κ2) is 12.8. The van der Waals surface area contributed by atoms with Crippen molar-refractivity contribution in [2.24, 2.45) is 11.8 Å². The Bertz CT molecular complexity index is 1110. The van der Waals surface area contributed by atoms with Crippen molar-refractivity contribution in [2.45, 2.75) is 12.8 Å². The van der Waals surface area contributed by atoms with Crippen molar-refractivity contribution in [3.8, 4) is 5.75 Å². The minimum atomic E-state index is -0.356. The molecule has 2 atom stereocenters. The Morgan fingerprint density at radius 2 is 1.50 bits per heavy atom. The topological polar surface area (TPSA) is 70.7 Å². The van der Waals surface area contributed by atoms with Crippen LogP contribution in [0.1, 0.15) is 12.0 Å². The fraction of sp³-hybridized carbons (Fsp3) is 0.310. The average molecular weight is 490 g/mol. The van der Waals surface area contributed by atoms with Crippen molar-refractivity contribution in [3.63, 3.8) is 0 Å². The Morgan fingerprint density at radius 3 is 2.19 bits per heavy atom. The quantitative estimate of drug-likeness (QED) is 0.420. The normalized spacial score (nSPS) is 17.8. The third kappa shape index (κ3) is 7.65. The lowest BCUT2D eigenvalue weighted by Crippen LogP contribution is -2.50. The zero-order chi connectivity index (χ0) is 25.2. The fourth-order valence-electron chi connectivity index (χ4n) is 4.47. The van der Waals surface area contributed by atoms with E-state index >= 15 is 0 Å². The summed E-state index contributed by atoms with van der Waals surface area (Å²) in [4.78, 5) is 28.3. The van der Waals surface area contributed by atoms with Crippen LogP contribution < -0.4 is 15.4 Å². The Kier molecular flexibility index (Phi) is 9.05. The molecule has 2 amide bonds. The zero-order valence-corrected chi connectivity index (χ0v) is 20.2. The summed E-state index contributed by atoms with van der Waals surface area (Å²) in [5, 5.41) is 5.85. The first-order valence-electron chi connectivity index (χ1n) is 12.3. The molecule has 36 heavy (non-hydrogen) atoms. The second-order valence-corrected chi connectivity index (χ2v) is 9.07. The maximum Gasteiger partial charge on any atom is 0.228 e. The van der Waals surface area contributed by atoms with Crippen molar-refractivity contribution in [3.05, 3.63) is 96.3 Å². The van der Waals surface area contributed by atoms with E-state index in [1.54, 1.807) is 12.1 Å². The number of amides is 2. The van der Waals surface area contributed by atoms with Crippen LogP contribution in [-0.4, -0.2) is 49.5 Å². The number of hydrogen-bond acceptors (Lipinski definition) is 4. The van der Waals surface area contributed by atoms with Crippen LogP contribution in [0.4, 0.5) is 10.1 Å². The first-order valence-corrected chi connectivity index (χ1v) is 12.3. The average Bonchev–Trinajstić information content (AvgIpc) is 2.92. The molecule has 0 aromatic heterocycles. The van der Waals surface area contributed by atoms with E-state index in [0.717, 1.165) is 18.7 Å². The van der Waals surface area contributed by atoms with Gasteiger partial charge in [-0.15, -0.1) is 0 Å². The van der Waals surface area contributed by atoms with Crippen molar-refractivity contribution in [2.75, 3.05) is 38.1 Å². The molecule has 6 nitrogen and oxygen atoms in total. The van der Waals surface area contributed by atoms with E-state index < -0.39 is 0 Å². The lowest BCUT2D eigenvalue weighted by Gasteiger charge is -2.36. The van der Waals surface area contributed by atoms with Gasteiger partial charge in [-0.1, -0.05) is 48.5 Å². The van der Waals surface area contributed by atoms with E-state index in [1.807, 2.05) is 48.5 Å². The smallest absolute Gasteiger partial charge is 0.228 e. The van der Waals surface area contributed by atoms with E-state index in [-0.39, 0.29) is 29.5 Å². The monoisotopic (exact) mass is 489 g/mol. The highest BCUT2D eigenvalue weighted by molar-refractivity contribution is 5.93. The molecule has 7 heteroatoms. The molecule has 3 aromatic carbocycles. The van der Waals surface area contributed by atoms with Gasteiger partial charge in [-0.3, -0.25) is 9.59 Å². The largest absolute Gasteiger partial charge is 0.492 e. The first kappa shape index (κ1) is 25.4. The highest BCUT2D eigenvalue weighted by Crippen LogP contribution is 2.24. The van der Waals surface area contributed by atoms with E-state index in [0.29, 0.717) is 38.3 Å². The number of benzene rings is 3. The highest BCUT2D eigenvalue weighted by atomic mass is 19.1. The number of para-hydroxylation sites is 1. The molecule has 0 aliphatic carbocycles. The lowest BCUT2D eigenvalue weighted by molar-refractivity contribution is -0.130. The minimum Gasteiger partial charge on any atom is -0.492 e. The molecule has 1 aliphatic heterocycles. The van der Waals surface area contributed by atoms with Gasteiger partial charge in [0.15, 0.2) is 0 Å². The molecule has 1 saturated heterocycles. The first-order chi connectivity index (χ1) is 17.6. The van der Waals surface area contributed by atoms with E-state index in [1.165, 1.54) is 17.7 Å². The minimum absolute atomic E-state index is 0.0735. The molecule has 0 radical (unpaired) electrons. The van der Waals surface area contributed by atoms with Gasteiger partial charge in [0.2, 0.25) is 11.8 Å². The van der Waals surface area contributed by atoms with Crippen LogP contribution in [0.25, 0.3) is 0 Å². The molecule has 0 unspecified atom stereocenters. The molecule has 0 bridgehead atoms. The number of nitrogens with zero attached hydrogens (tertiary/aromatic N) is 1. The van der Waals surface area contributed by atoms with Crippen molar-refractivity contribution in [1.29, 1.82) is 0 Å². The molecule has 4 rings (SSSR count). The van der Waals surface area contributed by atoms with Gasteiger partial charge in [-0.05, 0) is 54.8 Å². The lowest BCUT2D eigenvalue weighted by atomic mass is 9.87. The molecule has 1 heterocycles. The number of piperidine rings is 1. The summed E-state index contributed by atoms with van der Waals surface area (Å²) in [5.74, 6) is -0.488. The number of anilines is 1. The standard InChI is InChI=1S/C29H32FN3O3/c30-25-11-13-26(14-12-25)32-29(35)24-19-23(20-33(21-24)17-15-22-7-3-1-4-8-22)28(34)31-16-18-36-27-9-5-2-6-10-27/h1-14,23-24H,15-21H2,(H,31,34)(H,32,35)/t23-,24+/m0/s1. The van der Waals surface area contributed by atoms with Gasteiger partial charge in [-0.25, -0.2) is 4.39 Å². The van der Waals surface area contributed by atoms with Crippen LogP contribution in [0.2, 0.25) is 0 Å². The second-order valence-electron chi connectivity index (χ2n) is 9.07. The van der Waals surface area contributed by atoms with Gasteiger partial charge in [-0.2, -0.15) is 0 Å². The predicted molar refractivity (Wildman–Crippen MR) is 138 cm³/mol. The van der Waals surface area contributed by atoms with Crippen LogP contribution >= 0.6 is 0 Å². The van der Waals surface area contributed by atoms with Gasteiger partial charge in [0.25, 0.3) is 0 Å². The molecule has 0 saturated carbocycles. The number of carbonyl (C=O) groups excluding carboxylic acids is 2. The number of ether oxygens (including phenoxy) is 1. The maximum atomic E-state index is 13.2. The van der Waals surface area contributed by atoms with Gasteiger partial charge in [0, 0.05) is 25.3 Å². The Labute approximate surface area is 211 Å². The summed E-state index contributed by atoms with van der Waals surface area (Å²) in [5.41, 5.74) is 1.76. The summed E-state index contributed by atoms with van der Waals surface area (Å²) in [6, 6.07) is 25.4. The SMILES string of the molecule is O=C(NCCOc1ccccc1)[C@H]1C[C@@H](C(=O)Nc2ccc(F)cc2)CN(CCc2ccccc2)C1. The van der Waals surface area contributed by atoms with E-state index in [4.69, 9.17) is 4.74 Å². The summed E-state index contributed by atoms with van der Waals surface area (Å²) in [6.07, 6.45) is 1.30. The van der Waals surface area contributed by atoms with Crippen molar-refractivity contribution < 1.29 is 18.7 Å². The number of halogens is 1. The Morgan fingerprint density at radius 1 is 0.861 bits per heavy atom. The van der Waals surface area contributed by atoms with Crippen LogP contribution in [0.15, 0.2) is 84.9 Å². The molecule has 188 valence electrons. The number of likely N-dealkylation sites (tertiary alicyclic amines) is 1. The van der Waals surface area contributed by atoms with Crippen molar-refractivity contribution in [1.82, 2.24) is 10.2 Å². The Balaban J connectivity index is 1.35. The van der Waals surface area contributed by atoms with Crippen LogP contribution in [0.5, 0.6) is 5.75 Å². The highest BCUT2D eigenvalue weighted by Gasteiger charge is 2.35. The van der Waals surface area contributed by atoms with Gasteiger partial charge >= 0.3 is 0 Å². The van der Waals surface area contributed by atoms with Crippen molar-refractivity contribution >= 4 is 17.5 Å². The summed E-state index contributed by atoms with van der Waals surface area (Å²) in [7, 11) is 0. The maximum absolute atomic E-state index is 13.2. The molecule has 3 aromatic rings. The van der Waals surface area contributed by atoms with Gasteiger partial charge in [0.1, 0.15) is 18.2 Å². The molecular formula is C29H32FN3O3. The van der Waals surface area contributed by atoms with Gasteiger partial charge < -0.3 is 20.3 Å². The van der Waals surface area contributed by atoms with Crippen LogP contribution in [0, 0.1) is 17.7 Å². The van der Waals surface area contributed by atoms with E-state index in [2.05, 4.69) is 27.7 Å². The summed E-state index contributed by atoms with van der Waals surface area (Å²) < 4.78 is 18.9. The van der Waals surface area contributed by atoms with E-state index in [9.17, 15) is 14.0 Å². The van der Waals surface area contributed by atoms with Crippen LogP contribution in [-0.2, 0) is 16.0 Å². The van der Waals surface area contributed by atoms with Crippen LogP contribution in [0.3, 0.4) is 0 Å². The summed E-state index contributed by atoms with van der Waals surface area (Å²) >= 11 is 0. The molecular weight excluding hydrogens is 457 g/mol. The Hall–Kier alpha value is -3.71. The number of rotatable bonds is 10. The zero-order valence-electron chi connectivity index (χ0n) is 20.2. The number of hydrogen-bond donors (Lipinski definition) is 2. The third-order valence-electron chi connectivity index (χ3n) is 6.35. The fourth-order valence-corrected chi connectivity index (χ4v) is 4.47. The molecule has 2 N–H and O–H groups in total. The number of nitrogens with one attached hydrogen (secondary N) is 2. The number of carbonyl (C=O) groups is 2. The summed E-state index contributed by atoms with van der Waals surface area (Å²) in [6.45, 7) is 2.68. The molecule has 1 fully saturated rings.